The van der Waals surface area contributed by atoms with Crippen molar-refractivity contribution in [3.8, 4) is 0 Å². The molecule has 5 nitrogen and oxygen atoms in total. The largest absolute Gasteiger partial charge is 0.348 e. The van der Waals surface area contributed by atoms with Crippen molar-refractivity contribution < 1.29 is 4.79 Å². The van der Waals surface area contributed by atoms with Gasteiger partial charge in [-0.2, -0.15) is 11.8 Å². The number of aromatic amines is 1. The zero-order valence-corrected chi connectivity index (χ0v) is 13.3. The van der Waals surface area contributed by atoms with Gasteiger partial charge in [-0.15, -0.1) is 0 Å². The van der Waals surface area contributed by atoms with Gasteiger partial charge in [0.1, 0.15) is 0 Å². The molecule has 1 amide bonds. The number of nitrogens with zero attached hydrogens (tertiary/aromatic N) is 1. The van der Waals surface area contributed by atoms with Crippen LogP contribution < -0.4 is 10.9 Å². The van der Waals surface area contributed by atoms with Gasteiger partial charge in [-0.1, -0.05) is 12.8 Å². The predicted molar refractivity (Wildman–Crippen MR) is 89.4 cm³/mol. The number of aromatic nitrogens is 2. The molecule has 1 heterocycles. The second-order valence-electron chi connectivity index (χ2n) is 5.60. The van der Waals surface area contributed by atoms with Gasteiger partial charge in [0.05, 0.1) is 17.2 Å². The molecule has 1 aromatic carbocycles. The Bertz CT molecular complexity index is 743. The van der Waals surface area contributed by atoms with Crippen LogP contribution in [-0.2, 0) is 0 Å². The SMILES string of the molecule is CS[C@@H]1CCCC[C@H]1NC(=O)c1ccc2c(=O)[nH]cnc2c1. The van der Waals surface area contributed by atoms with Crippen LogP contribution in [0.15, 0.2) is 29.3 Å². The van der Waals surface area contributed by atoms with Gasteiger partial charge in [-0.3, -0.25) is 9.59 Å². The summed E-state index contributed by atoms with van der Waals surface area (Å²) in [4.78, 5) is 30.8. The fraction of sp³-hybridized carbons (Fsp3) is 0.438. The highest BCUT2D eigenvalue weighted by molar-refractivity contribution is 7.99. The number of fused-ring (bicyclic) bond motifs is 1. The fourth-order valence-corrected chi connectivity index (χ4v) is 3.94. The lowest BCUT2D eigenvalue weighted by molar-refractivity contribution is 0.0929. The summed E-state index contributed by atoms with van der Waals surface area (Å²) in [6, 6.07) is 5.24. The van der Waals surface area contributed by atoms with Gasteiger partial charge in [0.15, 0.2) is 0 Å². The Kier molecular flexibility index (Phi) is 4.47. The van der Waals surface area contributed by atoms with Gasteiger partial charge in [-0.05, 0) is 37.3 Å². The highest BCUT2D eigenvalue weighted by atomic mass is 32.2. The Hall–Kier alpha value is -1.82. The molecule has 0 aliphatic heterocycles. The maximum Gasteiger partial charge on any atom is 0.258 e. The molecule has 2 N–H and O–H groups in total. The Morgan fingerprint density at radius 1 is 1.36 bits per heavy atom. The third-order valence-electron chi connectivity index (χ3n) is 4.23. The zero-order valence-electron chi connectivity index (χ0n) is 12.5. The zero-order chi connectivity index (χ0) is 15.5. The number of rotatable bonds is 3. The van der Waals surface area contributed by atoms with Crippen molar-refractivity contribution in [1.29, 1.82) is 0 Å². The third-order valence-corrected chi connectivity index (χ3v) is 5.40. The summed E-state index contributed by atoms with van der Waals surface area (Å²) in [7, 11) is 0. The summed E-state index contributed by atoms with van der Waals surface area (Å²) in [6.07, 6.45) is 8.04. The lowest BCUT2D eigenvalue weighted by Crippen LogP contribution is -2.43. The summed E-state index contributed by atoms with van der Waals surface area (Å²) in [5.74, 6) is -0.0880. The quantitative estimate of drug-likeness (QED) is 0.911. The molecule has 1 saturated carbocycles. The molecule has 3 rings (SSSR count). The first kappa shape index (κ1) is 15.1. The fourth-order valence-electron chi connectivity index (χ4n) is 3.01. The third kappa shape index (κ3) is 3.02. The van der Waals surface area contributed by atoms with Crippen molar-refractivity contribution in [1.82, 2.24) is 15.3 Å². The van der Waals surface area contributed by atoms with Crippen molar-refractivity contribution in [3.63, 3.8) is 0 Å². The van der Waals surface area contributed by atoms with Crippen LogP contribution in [0.5, 0.6) is 0 Å². The van der Waals surface area contributed by atoms with Crippen LogP contribution in [-0.4, -0.2) is 33.4 Å². The lowest BCUT2D eigenvalue weighted by Gasteiger charge is -2.30. The molecule has 116 valence electrons. The number of nitrogens with one attached hydrogen (secondary N) is 2. The molecule has 2 atom stereocenters. The van der Waals surface area contributed by atoms with Crippen molar-refractivity contribution in [2.45, 2.75) is 37.0 Å². The molecule has 22 heavy (non-hydrogen) atoms. The average molecular weight is 317 g/mol. The molecular weight excluding hydrogens is 298 g/mol. The molecule has 0 unspecified atom stereocenters. The Labute approximate surface area is 132 Å². The maximum atomic E-state index is 12.5. The number of hydrogen-bond acceptors (Lipinski definition) is 4. The van der Waals surface area contributed by atoms with Gasteiger partial charge < -0.3 is 10.3 Å². The molecule has 2 aromatic rings. The summed E-state index contributed by atoms with van der Waals surface area (Å²) < 4.78 is 0. The minimum atomic E-state index is -0.188. The van der Waals surface area contributed by atoms with E-state index in [4.69, 9.17) is 0 Å². The van der Waals surface area contributed by atoms with Crippen LogP contribution in [0.1, 0.15) is 36.0 Å². The molecule has 6 heteroatoms. The van der Waals surface area contributed by atoms with Crippen molar-refractivity contribution in [2.75, 3.05) is 6.26 Å². The van der Waals surface area contributed by atoms with E-state index in [2.05, 4.69) is 21.5 Å². The normalized spacial score (nSPS) is 21.7. The molecule has 1 aliphatic rings. The summed E-state index contributed by atoms with van der Waals surface area (Å²) in [5, 5.41) is 4.13. The molecule has 0 bridgehead atoms. The number of H-pyrrole nitrogens is 1. The molecule has 0 spiro atoms. The van der Waals surface area contributed by atoms with Gasteiger partial charge >= 0.3 is 0 Å². The van der Waals surface area contributed by atoms with Gasteiger partial charge in [0.25, 0.3) is 11.5 Å². The number of carbonyl (C=O) groups is 1. The molecular formula is C16H19N3O2S. The number of thioether (sulfide) groups is 1. The molecule has 1 aliphatic carbocycles. The summed E-state index contributed by atoms with van der Waals surface area (Å²) in [5.41, 5.74) is 0.907. The number of amides is 1. The first-order chi connectivity index (χ1) is 10.7. The second kappa shape index (κ2) is 6.52. The number of carbonyl (C=O) groups excluding carboxylic acids is 1. The van der Waals surface area contributed by atoms with E-state index in [1.165, 1.54) is 12.7 Å². The summed E-state index contributed by atoms with van der Waals surface area (Å²) >= 11 is 1.82. The predicted octanol–water partition coefficient (Wildman–Crippen LogP) is 2.33. The van der Waals surface area contributed by atoms with E-state index in [0.717, 1.165) is 19.3 Å². The van der Waals surface area contributed by atoms with E-state index in [0.29, 0.717) is 21.7 Å². The van der Waals surface area contributed by atoms with Crippen molar-refractivity contribution in [2.24, 2.45) is 0 Å². The topological polar surface area (TPSA) is 74.8 Å². The number of benzene rings is 1. The average Bonchev–Trinajstić information content (AvgIpc) is 2.55. The number of hydrogen-bond donors (Lipinski definition) is 2. The van der Waals surface area contributed by atoms with E-state index in [1.54, 1.807) is 18.2 Å². The lowest BCUT2D eigenvalue weighted by atomic mass is 9.94. The van der Waals surface area contributed by atoms with E-state index < -0.39 is 0 Å². The van der Waals surface area contributed by atoms with Crippen LogP contribution in [0, 0.1) is 0 Å². The Morgan fingerprint density at radius 3 is 3.00 bits per heavy atom. The van der Waals surface area contributed by atoms with Gasteiger partial charge in [0, 0.05) is 16.9 Å². The smallest absolute Gasteiger partial charge is 0.258 e. The van der Waals surface area contributed by atoms with Crippen LogP contribution in [0.4, 0.5) is 0 Å². The standard InChI is InChI=1S/C16H19N3O2S/c1-22-14-5-3-2-4-12(14)19-15(20)10-6-7-11-13(8-10)17-9-18-16(11)21/h6-9,12,14H,2-5H2,1H3,(H,19,20)(H,17,18,21)/t12-,14-/m1/s1. The van der Waals surface area contributed by atoms with Crippen LogP contribution in [0.25, 0.3) is 10.9 Å². The highest BCUT2D eigenvalue weighted by Crippen LogP contribution is 2.27. The minimum absolute atomic E-state index is 0.0880. The van der Waals surface area contributed by atoms with E-state index in [9.17, 15) is 9.59 Å². The molecule has 0 radical (unpaired) electrons. The first-order valence-corrected chi connectivity index (χ1v) is 8.79. The molecule has 1 fully saturated rings. The second-order valence-corrected chi connectivity index (χ2v) is 6.68. The summed E-state index contributed by atoms with van der Waals surface area (Å²) in [6.45, 7) is 0. The van der Waals surface area contributed by atoms with E-state index >= 15 is 0 Å². The van der Waals surface area contributed by atoms with Crippen molar-refractivity contribution in [3.05, 3.63) is 40.4 Å². The molecule has 0 saturated heterocycles. The van der Waals surface area contributed by atoms with Gasteiger partial charge in [-0.25, -0.2) is 4.98 Å². The Balaban J connectivity index is 1.81. The van der Waals surface area contributed by atoms with Crippen LogP contribution >= 0.6 is 11.8 Å². The minimum Gasteiger partial charge on any atom is -0.348 e. The van der Waals surface area contributed by atoms with Crippen molar-refractivity contribution >= 4 is 28.6 Å². The van der Waals surface area contributed by atoms with Crippen LogP contribution in [0.2, 0.25) is 0 Å². The van der Waals surface area contributed by atoms with E-state index in [-0.39, 0.29) is 17.5 Å². The monoisotopic (exact) mass is 317 g/mol. The van der Waals surface area contributed by atoms with Crippen LogP contribution in [0.3, 0.4) is 0 Å². The first-order valence-electron chi connectivity index (χ1n) is 7.50. The van der Waals surface area contributed by atoms with E-state index in [1.807, 2.05) is 11.8 Å². The highest BCUT2D eigenvalue weighted by Gasteiger charge is 2.26. The Morgan fingerprint density at radius 2 is 2.18 bits per heavy atom. The molecule has 1 aromatic heterocycles. The van der Waals surface area contributed by atoms with Gasteiger partial charge in [0.2, 0.25) is 0 Å². The maximum absolute atomic E-state index is 12.5.